The van der Waals surface area contributed by atoms with Crippen LogP contribution >= 0.6 is 0 Å². The van der Waals surface area contributed by atoms with E-state index in [2.05, 4.69) is 15.3 Å². The van der Waals surface area contributed by atoms with E-state index in [9.17, 15) is 10.1 Å². The van der Waals surface area contributed by atoms with E-state index in [1.165, 1.54) is 26.3 Å². The van der Waals surface area contributed by atoms with Gasteiger partial charge in [0, 0.05) is 19.8 Å². The van der Waals surface area contributed by atoms with Gasteiger partial charge >= 0.3 is 5.69 Å². The summed E-state index contributed by atoms with van der Waals surface area (Å²) in [4.78, 5) is 18.1. The maximum atomic E-state index is 11.0. The van der Waals surface area contributed by atoms with Crippen LogP contribution in [0, 0.1) is 16.0 Å². The molecule has 0 spiro atoms. The molecule has 0 aromatic carbocycles. The van der Waals surface area contributed by atoms with Gasteiger partial charge in [-0.25, -0.2) is 4.98 Å². The molecule has 8 heteroatoms. The zero-order chi connectivity index (χ0) is 14.4. The van der Waals surface area contributed by atoms with E-state index in [1.54, 1.807) is 0 Å². The van der Waals surface area contributed by atoms with E-state index < -0.39 is 4.92 Å². The number of nitrogens with zero attached hydrogens (tertiary/aromatic N) is 3. The number of ether oxygens (including phenoxy) is 2. The van der Waals surface area contributed by atoms with E-state index >= 15 is 0 Å². The van der Waals surface area contributed by atoms with Gasteiger partial charge in [-0.1, -0.05) is 0 Å². The van der Waals surface area contributed by atoms with E-state index in [4.69, 9.17) is 9.47 Å². The van der Waals surface area contributed by atoms with Gasteiger partial charge in [-0.3, -0.25) is 10.1 Å². The Morgan fingerprint density at radius 2 is 2.30 bits per heavy atom. The van der Waals surface area contributed by atoms with Crippen molar-refractivity contribution in [1.29, 1.82) is 0 Å². The molecular weight excluding hydrogens is 264 g/mol. The number of hydrogen-bond acceptors (Lipinski definition) is 7. The molecule has 1 fully saturated rings. The van der Waals surface area contributed by atoms with Crippen LogP contribution < -0.4 is 10.1 Å². The zero-order valence-corrected chi connectivity index (χ0v) is 11.4. The Balaban J connectivity index is 1.80. The van der Waals surface area contributed by atoms with Crippen molar-refractivity contribution in [3.8, 4) is 5.88 Å². The van der Waals surface area contributed by atoms with Crippen molar-refractivity contribution in [3.05, 3.63) is 16.4 Å². The normalized spacial score (nSPS) is 14.1. The molecule has 0 unspecified atom stereocenters. The second-order valence-corrected chi connectivity index (χ2v) is 4.64. The molecule has 1 aromatic heterocycles. The minimum atomic E-state index is -0.551. The van der Waals surface area contributed by atoms with Crippen LogP contribution in [0.2, 0.25) is 0 Å². The summed E-state index contributed by atoms with van der Waals surface area (Å²) in [5.41, 5.74) is -0.242. The van der Waals surface area contributed by atoms with Crippen molar-refractivity contribution in [2.75, 3.05) is 32.2 Å². The number of anilines is 1. The fourth-order valence-electron chi connectivity index (χ4n) is 1.72. The minimum absolute atomic E-state index is 0.0440. The average molecular weight is 282 g/mol. The maximum absolute atomic E-state index is 11.0. The maximum Gasteiger partial charge on any atom is 0.372 e. The van der Waals surface area contributed by atoms with Crippen molar-refractivity contribution in [2.45, 2.75) is 19.3 Å². The molecule has 8 nitrogen and oxygen atoms in total. The van der Waals surface area contributed by atoms with E-state index in [0.717, 1.165) is 18.9 Å². The number of nitrogens with one attached hydrogen (secondary N) is 1. The molecule has 110 valence electrons. The van der Waals surface area contributed by atoms with Gasteiger partial charge < -0.3 is 14.8 Å². The lowest BCUT2D eigenvalue weighted by Gasteiger charge is -2.08. The molecule has 0 aliphatic heterocycles. The minimum Gasteiger partial charge on any atom is -0.476 e. The summed E-state index contributed by atoms with van der Waals surface area (Å²) in [7, 11) is 1.34. The summed E-state index contributed by atoms with van der Waals surface area (Å²) in [5, 5.41) is 13.9. The Bertz CT molecular complexity index is 465. The van der Waals surface area contributed by atoms with Gasteiger partial charge in [-0.2, -0.15) is 4.98 Å². The number of rotatable bonds is 9. The fourth-order valence-corrected chi connectivity index (χ4v) is 1.72. The van der Waals surface area contributed by atoms with Crippen LogP contribution in [0.3, 0.4) is 0 Å². The Kier molecular flexibility index (Phi) is 5.05. The van der Waals surface area contributed by atoms with Gasteiger partial charge in [0.15, 0.2) is 0 Å². The molecule has 1 aromatic rings. The average Bonchev–Trinajstić information content (AvgIpc) is 3.26. The summed E-state index contributed by atoms with van der Waals surface area (Å²) in [5.74, 6) is 0.872. The molecule has 2 rings (SSSR count). The summed E-state index contributed by atoms with van der Waals surface area (Å²) in [6.07, 6.45) is 4.53. The number of nitro groups is 1. The highest BCUT2D eigenvalue weighted by molar-refractivity contribution is 5.60. The summed E-state index contributed by atoms with van der Waals surface area (Å²) in [6.45, 7) is 2.01. The number of aromatic nitrogens is 2. The van der Waals surface area contributed by atoms with Crippen LogP contribution in [0.1, 0.15) is 19.3 Å². The lowest BCUT2D eigenvalue weighted by Crippen LogP contribution is -2.10. The molecule has 0 atom stereocenters. The zero-order valence-electron chi connectivity index (χ0n) is 11.4. The number of methoxy groups -OCH3 is 1. The molecule has 1 N–H and O–H groups in total. The molecule has 1 heterocycles. The van der Waals surface area contributed by atoms with E-state index in [1.807, 2.05) is 0 Å². The molecule has 0 amide bonds. The van der Waals surface area contributed by atoms with Crippen LogP contribution in [-0.4, -0.2) is 41.8 Å². The Morgan fingerprint density at radius 3 is 2.95 bits per heavy atom. The molecule has 20 heavy (non-hydrogen) atoms. The van der Waals surface area contributed by atoms with E-state index in [-0.39, 0.29) is 17.4 Å². The monoisotopic (exact) mass is 282 g/mol. The topological polar surface area (TPSA) is 99.4 Å². The lowest BCUT2D eigenvalue weighted by atomic mass is 10.4. The van der Waals surface area contributed by atoms with Gasteiger partial charge in [0.1, 0.15) is 6.33 Å². The summed E-state index contributed by atoms with van der Waals surface area (Å²) >= 11 is 0. The molecule has 0 saturated heterocycles. The van der Waals surface area contributed by atoms with Gasteiger partial charge in [0.2, 0.25) is 5.82 Å². The first kappa shape index (κ1) is 14.4. The van der Waals surface area contributed by atoms with Crippen molar-refractivity contribution in [1.82, 2.24) is 9.97 Å². The van der Waals surface area contributed by atoms with Crippen LogP contribution in [0.5, 0.6) is 5.88 Å². The molecule has 0 bridgehead atoms. The number of hydrogen-bond donors (Lipinski definition) is 1. The molecular formula is C12H18N4O4. The standard InChI is InChI=1S/C12H18N4O4/c1-19-12-10(16(17)18)11(14-8-15-12)13-5-2-6-20-7-9-3-4-9/h8-9H,2-7H2,1H3,(H,13,14,15). The molecule has 1 aliphatic carbocycles. The molecule has 1 saturated carbocycles. The largest absolute Gasteiger partial charge is 0.476 e. The molecule has 1 aliphatic rings. The second kappa shape index (κ2) is 6.99. The second-order valence-electron chi connectivity index (χ2n) is 4.64. The third-order valence-electron chi connectivity index (χ3n) is 2.97. The van der Waals surface area contributed by atoms with Crippen molar-refractivity contribution in [3.63, 3.8) is 0 Å². The third kappa shape index (κ3) is 4.02. The third-order valence-corrected chi connectivity index (χ3v) is 2.97. The first-order valence-electron chi connectivity index (χ1n) is 6.57. The predicted molar refractivity (Wildman–Crippen MR) is 71.9 cm³/mol. The first-order chi connectivity index (χ1) is 9.72. The Labute approximate surface area is 116 Å². The van der Waals surface area contributed by atoms with Gasteiger partial charge in [-0.05, 0) is 25.2 Å². The van der Waals surface area contributed by atoms with Crippen LogP contribution in [0.15, 0.2) is 6.33 Å². The summed E-state index contributed by atoms with van der Waals surface area (Å²) in [6, 6.07) is 0. The van der Waals surface area contributed by atoms with Crippen LogP contribution in [0.4, 0.5) is 11.5 Å². The van der Waals surface area contributed by atoms with E-state index in [0.29, 0.717) is 13.2 Å². The lowest BCUT2D eigenvalue weighted by molar-refractivity contribution is -0.385. The van der Waals surface area contributed by atoms with Gasteiger partial charge in [0.25, 0.3) is 5.88 Å². The van der Waals surface area contributed by atoms with Gasteiger partial charge in [0.05, 0.1) is 12.0 Å². The van der Waals surface area contributed by atoms with Crippen molar-refractivity contribution in [2.24, 2.45) is 5.92 Å². The van der Waals surface area contributed by atoms with Gasteiger partial charge in [-0.15, -0.1) is 0 Å². The SMILES string of the molecule is COc1ncnc(NCCCOCC2CC2)c1[N+](=O)[O-]. The predicted octanol–water partition coefficient (Wildman–Crippen LogP) is 1.62. The van der Waals surface area contributed by atoms with Crippen molar-refractivity contribution < 1.29 is 14.4 Å². The summed E-state index contributed by atoms with van der Waals surface area (Å²) < 4.78 is 10.4. The quantitative estimate of drug-likeness (QED) is 0.417. The van der Waals surface area contributed by atoms with Crippen LogP contribution in [0.25, 0.3) is 0 Å². The smallest absolute Gasteiger partial charge is 0.372 e. The fraction of sp³-hybridized carbons (Fsp3) is 0.667. The Morgan fingerprint density at radius 1 is 1.50 bits per heavy atom. The van der Waals surface area contributed by atoms with Crippen molar-refractivity contribution >= 4 is 11.5 Å². The van der Waals surface area contributed by atoms with Crippen LogP contribution in [-0.2, 0) is 4.74 Å². The highest BCUT2D eigenvalue weighted by atomic mass is 16.6. The molecule has 0 radical (unpaired) electrons. The highest BCUT2D eigenvalue weighted by Gasteiger charge is 2.23. The highest BCUT2D eigenvalue weighted by Crippen LogP contribution is 2.30. The first-order valence-corrected chi connectivity index (χ1v) is 6.57. The Hall–Kier alpha value is -1.96.